The number of alkyl halides is 3. The zero-order valence-electron chi connectivity index (χ0n) is 12.7. The smallest absolute Gasteiger partial charge is 0.343 e. The molecule has 0 unspecified atom stereocenters. The lowest BCUT2D eigenvalue weighted by Crippen LogP contribution is -2.07. The predicted molar refractivity (Wildman–Crippen MR) is 86.1 cm³/mol. The first kappa shape index (κ1) is 19.8. The van der Waals surface area contributed by atoms with E-state index in [2.05, 4.69) is 5.32 Å². The summed E-state index contributed by atoms with van der Waals surface area (Å²) >= 11 is 5.76. The first-order valence-corrected chi connectivity index (χ1v) is 7.04. The Morgan fingerprint density at radius 2 is 1.41 bits per heavy atom. The van der Waals surface area contributed by atoms with Crippen LogP contribution in [0.25, 0.3) is 0 Å². The van der Waals surface area contributed by atoms with Crippen molar-refractivity contribution in [2.24, 2.45) is 0 Å². The zero-order valence-corrected chi connectivity index (χ0v) is 13.4. The molecule has 2 aromatic rings. The summed E-state index contributed by atoms with van der Waals surface area (Å²) in [5.41, 5.74) is -5.62. The maximum atomic E-state index is 12.8. The summed E-state index contributed by atoms with van der Waals surface area (Å²) in [5.74, 6) is 0. The normalized spacial score (nSPS) is 11.1. The van der Waals surface area contributed by atoms with Gasteiger partial charge in [-0.05, 0) is 18.2 Å². The summed E-state index contributed by atoms with van der Waals surface area (Å²) in [5, 5.41) is 35.0. The Balaban J connectivity index is 2.70. The van der Waals surface area contributed by atoms with Crippen molar-refractivity contribution in [1.82, 2.24) is 0 Å². The lowest BCUT2D eigenvalue weighted by molar-refractivity contribution is -0.401. The highest BCUT2D eigenvalue weighted by molar-refractivity contribution is 6.33. The van der Waals surface area contributed by atoms with E-state index in [4.69, 9.17) is 11.6 Å². The van der Waals surface area contributed by atoms with Gasteiger partial charge in [-0.1, -0.05) is 11.6 Å². The second-order valence-electron chi connectivity index (χ2n) is 4.95. The Kier molecular flexibility index (Phi) is 5.16. The van der Waals surface area contributed by atoms with Gasteiger partial charge in [0.1, 0.15) is 0 Å². The molecule has 0 bridgehead atoms. The third-order valence-corrected chi connectivity index (χ3v) is 3.57. The van der Waals surface area contributed by atoms with Crippen LogP contribution in [0, 0.1) is 30.3 Å². The maximum absolute atomic E-state index is 12.8. The van der Waals surface area contributed by atoms with Crippen LogP contribution in [-0.4, -0.2) is 14.8 Å². The van der Waals surface area contributed by atoms with Gasteiger partial charge in [0.25, 0.3) is 5.69 Å². The predicted octanol–water partition coefficient (Wildman–Crippen LogP) is 4.83. The van der Waals surface area contributed by atoms with Crippen molar-refractivity contribution in [3.8, 4) is 0 Å². The van der Waals surface area contributed by atoms with Crippen LogP contribution >= 0.6 is 11.6 Å². The standard InChI is InChI=1S/C13H6ClF3N4O6/c14-8-2-1-6(13(15,16)17)3-9(8)18-12-10(20(24)25)4-7(19(22)23)5-11(12)21(26)27/h1-5,18H. The molecular weight excluding hydrogens is 401 g/mol. The molecule has 0 aliphatic rings. The molecule has 0 aromatic heterocycles. The van der Waals surface area contributed by atoms with Gasteiger partial charge in [0.05, 0.1) is 43.2 Å². The molecular formula is C13H6ClF3N4O6. The molecule has 0 aliphatic carbocycles. The number of anilines is 2. The topological polar surface area (TPSA) is 141 Å². The molecule has 0 heterocycles. The van der Waals surface area contributed by atoms with E-state index < -0.39 is 54.9 Å². The number of hydrogen-bond donors (Lipinski definition) is 1. The van der Waals surface area contributed by atoms with E-state index in [1.165, 1.54) is 0 Å². The molecule has 0 radical (unpaired) electrons. The summed E-state index contributed by atoms with van der Waals surface area (Å²) < 4.78 is 38.5. The van der Waals surface area contributed by atoms with Crippen molar-refractivity contribution < 1.29 is 27.9 Å². The molecule has 0 amide bonds. The highest BCUT2D eigenvalue weighted by Gasteiger charge is 2.33. The minimum Gasteiger partial charge on any atom is -0.343 e. The van der Waals surface area contributed by atoms with Crippen LogP contribution in [0.2, 0.25) is 5.02 Å². The number of halogens is 4. The summed E-state index contributed by atoms with van der Waals surface area (Å²) in [6.07, 6.45) is -4.77. The number of hydrogen-bond acceptors (Lipinski definition) is 7. The first-order valence-electron chi connectivity index (χ1n) is 6.66. The molecule has 27 heavy (non-hydrogen) atoms. The zero-order chi connectivity index (χ0) is 20.5. The molecule has 0 saturated heterocycles. The van der Waals surface area contributed by atoms with Crippen LogP contribution < -0.4 is 5.32 Å². The minimum atomic E-state index is -4.77. The van der Waals surface area contributed by atoms with E-state index >= 15 is 0 Å². The van der Waals surface area contributed by atoms with Gasteiger partial charge in [0, 0.05) is 0 Å². The van der Waals surface area contributed by atoms with Crippen LogP contribution in [0.1, 0.15) is 5.56 Å². The van der Waals surface area contributed by atoms with Crippen LogP contribution in [-0.2, 0) is 6.18 Å². The lowest BCUT2D eigenvalue weighted by atomic mass is 10.1. The minimum absolute atomic E-state index is 0.315. The number of nitro groups is 3. The molecule has 0 atom stereocenters. The van der Waals surface area contributed by atoms with Gasteiger partial charge in [0.2, 0.25) is 0 Å². The number of rotatable bonds is 5. The highest BCUT2D eigenvalue weighted by atomic mass is 35.5. The number of nitrogens with zero attached hydrogens (tertiary/aromatic N) is 3. The average Bonchev–Trinajstić information content (AvgIpc) is 2.55. The summed E-state index contributed by atoms with van der Waals surface area (Å²) in [6, 6.07) is 2.87. The van der Waals surface area contributed by atoms with E-state index in [0.29, 0.717) is 24.3 Å². The fourth-order valence-electron chi connectivity index (χ4n) is 2.05. The Morgan fingerprint density at radius 3 is 1.81 bits per heavy atom. The molecule has 2 rings (SSSR count). The Hall–Kier alpha value is -3.48. The second-order valence-corrected chi connectivity index (χ2v) is 5.35. The summed E-state index contributed by atoms with van der Waals surface area (Å²) in [7, 11) is 0. The molecule has 1 N–H and O–H groups in total. The first-order chi connectivity index (χ1) is 12.4. The second kappa shape index (κ2) is 7.03. The lowest BCUT2D eigenvalue weighted by Gasteiger charge is -2.12. The van der Waals surface area contributed by atoms with Gasteiger partial charge in [-0.2, -0.15) is 13.2 Å². The maximum Gasteiger partial charge on any atom is 0.416 e. The Morgan fingerprint density at radius 1 is 0.889 bits per heavy atom. The molecule has 142 valence electrons. The summed E-state index contributed by atoms with van der Waals surface area (Å²) in [4.78, 5) is 29.8. The highest BCUT2D eigenvalue weighted by Crippen LogP contribution is 2.42. The van der Waals surface area contributed by atoms with E-state index in [1.54, 1.807) is 0 Å². The van der Waals surface area contributed by atoms with Crippen molar-refractivity contribution in [2.45, 2.75) is 6.18 Å². The Labute approximate surface area is 151 Å². The fourth-order valence-corrected chi connectivity index (χ4v) is 2.22. The largest absolute Gasteiger partial charge is 0.416 e. The van der Waals surface area contributed by atoms with Gasteiger partial charge in [-0.15, -0.1) is 0 Å². The van der Waals surface area contributed by atoms with Gasteiger partial charge in [0.15, 0.2) is 5.69 Å². The van der Waals surface area contributed by atoms with Crippen LogP contribution in [0.3, 0.4) is 0 Å². The van der Waals surface area contributed by atoms with Gasteiger partial charge in [-0.25, -0.2) is 0 Å². The number of non-ortho nitro benzene ring substituents is 1. The third kappa shape index (κ3) is 4.20. The molecule has 0 saturated carbocycles. The number of benzene rings is 2. The SMILES string of the molecule is O=[N+]([O-])c1cc([N+](=O)[O-])c(Nc2cc(C(F)(F)F)ccc2Cl)c([N+](=O)[O-])c1. The average molecular weight is 407 g/mol. The number of nitrogens with one attached hydrogen (secondary N) is 1. The van der Waals surface area contributed by atoms with Crippen LogP contribution in [0.5, 0.6) is 0 Å². The van der Waals surface area contributed by atoms with Crippen molar-refractivity contribution in [3.05, 3.63) is 71.3 Å². The molecule has 0 aliphatic heterocycles. The van der Waals surface area contributed by atoms with E-state index in [1.807, 2.05) is 0 Å². The van der Waals surface area contributed by atoms with E-state index in [9.17, 15) is 43.5 Å². The molecule has 0 fully saturated rings. The van der Waals surface area contributed by atoms with Crippen molar-refractivity contribution >= 4 is 40.0 Å². The van der Waals surface area contributed by atoms with Gasteiger partial charge < -0.3 is 5.32 Å². The van der Waals surface area contributed by atoms with Crippen molar-refractivity contribution in [2.75, 3.05) is 5.32 Å². The van der Waals surface area contributed by atoms with Gasteiger partial charge in [-0.3, -0.25) is 30.3 Å². The molecule has 0 spiro atoms. The van der Waals surface area contributed by atoms with E-state index in [-0.39, 0.29) is 5.02 Å². The van der Waals surface area contributed by atoms with Crippen LogP contribution in [0.15, 0.2) is 30.3 Å². The fraction of sp³-hybridized carbons (Fsp3) is 0.0769. The molecule has 2 aromatic carbocycles. The monoisotopic (exact) mass is 406 g/mol. The van der Waals surface area contributed by atoms with Crippen LogP contribution in [0.4, 0.5) is 41.6 Å². The van der Waals surface area contributed by atoms with E-state index in [0.717, 1.165) is 6.07 Å². The molecule has 14 heteroatoms. The quantitative estimate of drug-likeness (QED) is 0.553. The number of nitro benzene ring substituents is 3. The van der Waals surface area contributed by atoms with Crippen molar-refractivity contribution in [3.63, 3.8) is 0 Å². The molecule has 10 nitrogen and oxygen atoms in total. The van der Waals surface area contributed by atoms with Crippen molar-refractivity contribution in [1.29, 1.82) is 0 Å². The van der Waals surface area contributed by atoms with Gasteiger partial charge >= 0.3 is 17.6 Å². The Bertz CT molecular complexity index is 931. The third-order valence-electron chi connectivity index (χ3n) is 3.24. The summed E-state index contributed by atoms with van der Waals surface area (Å²) in [6.45, 7) is 0.